The van der Waals surface area contributed by atoms with Crippen molar-refractivity contribution in [1.82, 2.24) is 15.4 Å². The number of aliphatic hydroxyl groups is 1. The number of carbonyl (C=O) groups excluding carboxylic acids is 1. The van der Waals surface area contributed by atoms with Crippen molar-refractivity contribution in [2.24, 2.45) is 0 Å². The lowest BCUT2D eigenvalue weighted by Crippen LogP contribution is -1.89. The fourth-order valence-electron chi connectivity index (χ4n) is 0.441. The van der Waals surface area contributed by atoms with Crippen LogP contribution in [-0.4, -0.2) is 26.8 Å². The first-order chi connectivity index (χ1) is 4.38. The molecule has 1 radical (unpaired) electrons. The Bertz CT molecular complexity index is 207. The average molecular weight is 126 g/mol. The van der Waals surface area contributed by atoms with E-state index < -0.39 is 0 Å². The van der Waals surface area contributed by atoms with Crippen LogP contribution in [0.25, 0.3) is 0 Å². The Hall–Kier alpha value is -1.23. The summed E-state index contributed by atoms with van der Waals surface area (Å²) in [5.41, 5.74) is 0.336. The lowest BCUT2D eigenvalue weighted by Gasteiger charge is -1.82. The van der Waals surface area contributed by atoms with E-state index in [0.717, 1.165) is 0 Å². The monoisotopic (exact) mass is 126 g/mol. The molecule has 9 heavy (non-hydrogen) atoms. The van der Waals surface area contributed by atoms with Crippen LogP contribution in [0.15, 0.2) is 0 Å². The second-order valence-electron chi connectivity index (χ2n) is 1.40. The molecule has 0 aliphatic heterocycles. The summed E-state index contributed by atoms with van der Waals surface area (Å²) in [6.45, 7) is -0.266. The first-order valence-electron chi connectivity index (χ1n) is 2.27. The third-order valence-electron chi connectivity index (χ3n) is 0.876. The highest BCUT2D eigenvalue weighted by molar-refractivity contribution is 5.73. The fourth-order valence-corrected chi connectivity index (χ4v) is 0.441. The van der Waals surface area contributed by atoms with Gasteiger partial charge >= 0.3 is 0 Å². The SMILES string of the molecule is O=[C]c1nn[nH]c1CO. The van der Waals surface area contributed by atoms with Gasteiger partial charge in [0.25, 0.3) is 6.29 Å². The fraction of sp³-hybridized carbons (Fsp3) is 0.250. The number of H-pyrrole nitrogens is 1. The molecule has 0 atom stereocenters. The second-order valence-corrected chi connectivity index (χ2v) is 1.40. The molecule has 2 N–H and O–H groups in total. The van der Waals surface area contributed by atoms with Crippen LogP contribution in [0.4, 0.5) is 0 Å². The van der Waals surface area contributed by atoms with E-state index in [0.29, 0.717) is 5.69 Å². The molecule has 0 fully saturated rings. The summed E-state index contributed by atoms with van der Waals surface area (Å²) in [6.07, 6.45) is 1.51. The number of hydrogen-bond acceptors (Lipinski definition) is 4. The minimum atomic E-state index is -0.266. The first kappa shape index (κ1) is 5.90. The molecule has 1 aromatic heterocycles. The number of nitrogens with one attached hydrogen (secondary N) is 1. The highest BCUT2D eigenvalue weighted by Crippen LogP contribution is 1.94. The highest BCUT2D eigenvalue weighted by atomic mass is 16.3. The summed E-state index contributed by atoms with van der Waals surface area (Å²) in [4.78, 5) is 9.89. The summed E-state index contributed by atoms with van der Waals surface area (Å²) in [5, 5.41) is 17.4. The van der Waals surface area contributed by atoms with E-state index in [1.165, 1.54) is 6.29 Å². The molecule has 0 aliphatic carbocycles. The van der Waals surface area contributed by atoms with E-state index in [2.05, 4.69) is 15.4 Å². The van der Waals surface area contributed by atoms with Gasteiger partial charge in [0.1, 0.15) is 0 Å². The van der Waals surface area contributed by atoms with Gasteiger partial charge in [0.2, 0.25) is 0 Å². The van der Waals surface area contributed by atoms with E-state index in [1.54, 1.807) is 0 Å². The van der Waals surface area contributed by atoms with Gasteiger partial charge in [-0.15, -0.1) is 5.10 Å². The van der Waals surface area contributed by atoms with Crippen LogP contribution in [0.1, 0.15) is 11.4 Å². The van der Waals surface area contributed by atoms with Gasteiger partial charge in [0, 0.05) is 0 Å². The summed E-state index contributed by atoms with van der Waals surface area (Å²) < 4.78 is 0. The molecule has 0 unspecified atom stereocenters. The Labute approximate surface area is 50.7 Å². The third kappa shape index (κ3) is 0.945. The van der Waals surface area contributed by atoms with Crippen LogP contribution in [0.3, 0.4) is 0 Å². The smallest absolute Gasteiger partial charge is 0.257 e. The summed E-state index contributed by atoms with van der Waals surface area (Å²) >= 11 is 0. The summed E-state index contributed by atoms with van der Waals surface area (Å²) in [6, 6.07) is 0. The van der Waals surface area contributed by atoms with Crippen molar-refractivity contribution in [3.8, 4) is 0 Å². The molecule has 1 rings (SSSR count). The molecule has 0 aromatic carbocycles. The zero-order valence-corrected chi connectivity index (χ0v) is 4.46. The van der Waals surface area contributed by atoms with Gasteiger partial charge in [-0.2, -0.15) is 0 Å². The van der Waals surface area contributed by atoms with Gasteiger partial charge in [-0.25, -0.2) is 0 Å². The van der Waals surface area contributed by atoms with Crippen molar-refractivity contribution < 1.29 is 9.90 Å². The summed E-state index contributed by atoms with van der Waals surface area (Å²) in [7, 11) is 0. The van der Waals surface area contributed by atoms with Crippen LogP contribution in [-0.2, 0) is 11.4 Å². The molecule has 47 valence electrons. The van der Waals surface area contributed by atoms with E-state index >= 15 is 0 Å². The van der Waals surface area contributed by atoms with Gasteiger partial charge in [0.05, 0.1) is 12.3 Å². The van der Waals surface area contributed by atoms with Crippen LogP contribution in [0, 0.1) is 0 Å². The maximum atomic E-state index is 9.89. The molecular formula is C4H4N3O2. The number of aromatic amines is 1. The van der Waals surface area contributed by atoms with Crippen LogP contribution in [0.2, 0.25) is 0 Å². The number of rotatable bonds is 2. The number of nitrogens with zero attached hydrogens (tertiary/aromatic N) is 2. The normalized spacial score (nSPS) is 9.44. The Morgan fingerprint density at radius 3 is 3.00 bits per heavy atom. The van der Waals surface area contributed by atoms with Gasteiger partial charge < -0.3 is 5.11 Å². The van der Waals surface area contributed by atoms with Crippen molar-refractivity contribution in [3.63, 3.8) is 0 Å². The molecule has 5 nitrogen and oxygen atoms in total. The van der Waals surface area contributed by atoms with Crippen molar-refractivity contribution in [2.45, 2.75) is 6.61 Å². The highest BCUT2D eigenvalue weighted by Gasteiger charge is 2.03. The lowest BCUT2D eigenvalue weighted by molar-refractivity contribution is 0.276. The maximum absolute atomic E-state index is 9.89. The van der Waals surface area contributed by atoms with E-state index in [4.69, 9.17) is 5.11 Å². The van der Waals surface area contributed by atoms with Crippen molar-refractivity contribution in [1.29, 1.82) is 0 Å². The maximum Gasteiger partial charge on any atom is 0.257 e. The molecule has 0 aliphatic rings. The van der Waals surface area contributed by atoms with Crippen LogP contribution < -0.4 is 0 Å². The molecule has 0 saturated heterocycles. The molecule has 5 heteroatoms. The van der Waals surface area contributed by atoms with E-state index in [-0.39, 0.29) is 12.3 Å². The Morgan fingerprint density at radius 2 is 2.56 bits per heavy atom. The third-order valence-corrected chi connectivity index (χ3v) is 0.876. The molecule has 0 amide bonds. The predicted molar refractivity (Wildman–Crippen MR) is 27.1 cm³/mol. The predicted octanol–water partition coefficient (Wildman–Crippen LogP) is -1.25. The van der Waals surface area contributed by atoms with Crippen LogP contribution >= 0.6 is 0 Å². The topological polar surface area (TPSA) is 78.9 Å². The minimum absolute atomic E-state index is 0.0394. The first-order valence-corrected chi connectivity index (χ1v) is 2.27. The van der Waals surface area contributed by atoms with E-state index in [9.17, 15) is 4.79 Å². The standard InChI is InChI=1S/C4H4N3O2/c8-1-3-4(2-9)6-7-5-3/h8H,1H2,(H,5,6,7). The lowest BCUT2D eigenvalue weighted by atomic mass is 10.4. The average Bonchev–Trinajstić information content (AvgIpc) is 2.33. The summed E-state index contributed by atoms with van der Waals surface area (Å²) in [5.74, 6) is 0. The Balaban J connectivity index is 2.98. The van der Waals surface area contributed by atoms with Crippen molar-refractivity contribution >= 4 is 6.29 Å². The van der Waals surface area contributed by atoms with Gasteiger partial charge in [-0.05, 0) is 0 Å². The molecule has 1 aromatic rings. The molecule has 0 bridgehead atoms. The molecule has 0 spiro atoms. The molecule has 0 saturated carbocycles. The Kier molecular flexibility index (Phi) is 1.55. The molecular weight excluding hydrogens is 122 g/mol. The van der Waals surface area contributed by atoms with E-state index in [1.807, 2.05) is 0 Å². The van der Waals surface area contributed by atoms with Gasteiger partial charge in [-0.3, -0.25) is 9.89 Å². The van der Waals surface area contributed by atoms with Crippen LogP contribution in [0.5, 0.6) is 0 Å². The largest absolute Gasteiger partial charge is 0.390 e. The number of aromatic nitrogens is 3. The number of hydrogen-bond donors (Lipinski definition) is 2. The second kappa shape index (κ2) is 2.36. The number of aliphatic hydroxyl groups excluding tert-OH is 1. The zero-order chi connectivity index (χ0) is 6.69. The van der Waals surface area contributed by atoms with Gasteiger partial charge in [-0.1, -0.05) is 5.21 Å². The Morgan fingerprint density at radius 1 is 1.78 bits per heavy atom. The van der Waals surface area contributed by atoms with Crippen molar-refractivity contribution in [2.75, 3.05) is 0 Å². The van der Waals surface area contributed by atoms with Crippen molar-refractivity contribution in [3.05, 3.63) is 11.4 Å². The van der Waals surface area contributed by atoms with Gasteiger partial charge in [0.15, 0.2) is 5.69 Å². The quantitative estimate of drug-likeness (QED) is 0.519. The minimum Gasteiger partial charge on any atom is -0.390 e. The zero-order valence-electron chi connectivity index (χ0n) is 4.46. The molecule has 1 heterocycles.